The second kappa shape index (κ2) is 14.8. The number of nitrogens with zero attached hydrogens (tertiary/aromatic N) is 2. The van der Waals surface area contributed by atoms with Crippen LogP contribution in [0.2, 0.25) is 0 Å². The lowest BCUT2D eigenvalue weighted by atomic mass is 10.1. The van der Waals surface area contributed by atoms with E-state index < -0.39 is 0 Å². The molecule has 0 spiro atoms. The van der Waals surface area contributed by atoms with Crippen LogP contribution in [0.4, 0.5) is 23.1 Å². The van der Waals surface area contributed by atoms with Crippen molar-refractivity contribution >= 4 is 23.1 Å². The van der Waals surface area contributed by atoms with E-state index in [-0.39, 0.29) is 0 Å². The first-order chi connectivity index (χ1) is 21.8. The van der Waals surface area contributed by atoms with Crippen LogP contribution in [-0.2, 0) is 6.42 Å². The molecule has 0 amide bonds. The van der Waals surface area contributed by atoms with Gasteiger partial charge in [-0.05, 0) is 17.7 Å². The smallest absolute Gasteiger partial charge is 0.229 e. The van der Waals surface area contributed by atoms with Crippen molar-refractivity contribution < 1.29 is 42.6 Å². The molecule has 1 aromatic heterocycles. The van der Waals surface area contributed by atoms with Crippen molar-refractivity contribution in [2.75, 3.05) is 74.6 Å². The van der Waals surface area contributed by atoms with Crippen molar-refractivity contribution in [1.82, 2.24) is 9.97 Å². The number of anilines is 4. The minimum absolute atomic E-state index is 0.309. The van der Waals surface area contributed by atoms with Gasteiger partial charge in [-0.1, -0.05) is 0 Å². The number of rotatable bonds is 15. The molecule has 3 aromatic carbocycles. The molecule has 0 unspecified atom stereocenters. The van der Waals surface area contributed by atoms with Gasteiger partial charge in [0, 0.05) is 48.1 Å². The highest BCUT2D eigenvalue weighted by atomic mass is 16.5. The largest absolute Gasteiger partial charge is 0.493 e. The van der Waals surface area contributed by atoms with Gasteiger partial charge in [0.15, 0.2) is 34.5 Å². The fraction of sp³-hybridized carbons (Fsp3) is 0.312. The molecule has 0 bridgehead atoms. The summed E-state index contributed by atoms with van der Waals surface area (Å²) in [4.78, 5) is 9.55. The highest BCUT2D eigenvalue weighted by molar-refractivity contribution is 5.69. The third-order valence-electron chi connectivity index (χ3n) is 6.75. The fourth-order valence-corrected chi connectivity index (χ4v) is 4.74. The third kappa shape index (κ3) is 7.20. The first kappa shape index (κ1) is 32.5. The number of hydrogen-bond acceptors (Lipinski definition) is 13. The van der Waals surface area contributed by atoms with Crippen LogP contribution >= 0.6 is 0 Å². The molecule has 0 aliphatic carbocycles. The first-order valence-corrected chi connectivity index (χ1v) is 13.7. The molecular formula is C32H38N4O9. The molecule has 45 heavy (non-hydrogen) atoms. The van der Waals surface area contributed by atoms with E-state index in [0.29, 0.717) is 87.0 Å². The van der Waals surface area contributed by atoms with Crippen molar-refractivity contribution in [3.63, 3.8) is 0 Å². The molecule has 0 fully saturated rings. The quantitative estimate of drug-likeness (QED) is 0.170. The zero-order chi connectivity index (χ0) is 32.5. The summed E-state index contributed by atoms with van der Waals surface area (Å²) in [6.07, 6.45) is 0.410. The number of aromatic nitrogens is 2. The summed E-state index contributed by atoms with van der Waals surface area (Å²) in [5.41, 5.74) is 2.83. The van der Waals surface area contributed by atoms with E-state index in [9.17, 15) is 0 Å². The maximum Gasteiger partial charge on any atom is 0.229 e. The Morgan fingerprint density at radius 2 is 0.822 bits per heavy atom. The van der Waals surface area contributed by atoms with Gasteiger partial charge in [-0.2, -0.15) is 4.98 Å². The number of hydrogen-bond donors (Lipinski definition) is 2. The maximum atomic E-state index is 5.56. The molecule has 1 heterocycles. The Balaban J connectivity index is 1.80. The van der Waals surface area contributed by atoms with Crippen molar-refractivity contribution in [3.05, 3.63) is 53.7 Å². The number of ether oxygens (including phenoxy) is 9. The summed E-state index contributed by atoms with van der Waals surface area (Å²) in [6, 6.07) is 12.7. The molecule has 0 aliphatic heterocycles. The SMILES string of the molecule is COc1cc(Cc2cc(Nc3cc(OC)c(OC)c(OC)c3)nc(Nc3cc(OC)c(OC)c(OC)c3)n2)cc(OC)c1OC. The number of methoxy groups -OCH3 is 9. The minimum atomic E-state index is 0.309. The van der Waals surface area contributed by atoms with Crippen LogP contribution in [0.15, 0.2) is 42.5 Å². The van der Waals surface area contributed by atoms with Gasteiger partial charge < -0.3 is 53.3 Å². The predicted octanol–water partition coefficient (Wildman–Crippen LogP) is 5.63. The fourth-order valence-electron chi connectivity index (χ4n) is 4.74. The first-order valence-electron chi connectivity index (χ1n) is 13.7. The van der Waals surface area contributed by atoms with Crippen LogP contribution in [-0.4, -0.2) is 74.0 Å². The minimum Gasteiger partial charge on any atom is -0.493 e. The summed E-state index contributed by atoms with van der Waals surface area (Å²) < 4.78 is 49.6. The zero-order valence-electron chi connectivity index (χ0n) is 26.8. The highest BCUT2D eigenvalue weighted by Gasteiger charge is 2.18. The maximum absolute atomic E-state index is 5.56. The van der Waals surface area contributed by atoms with Gasteiger partial charge in [-0.3, -0.25) is 0 Å². The van der Waals surface area contributed by atoms with Gasteiger partial charge in [-0.15, -0.1) is 0 Å². The number of nitrogens with one attached hydrogen (secondary N) is 2. The summed E-state index contributed by atoms with van der Waals surface area (Å²) in [7, 11) is 14.0. The van der Waals surface area contributed by atoms with Gasteiger partial charge >= 0.3 is 0 Å². The summed E-state index contributed by atoms with van der Waals surface area (Å²) in [5.74, 6) is 5.24. The van der Waals surface area contributed by atoms with Crippen molar-refractivity contribution in [2.24, 2.45) is 0 Å². The second-order valence-electron chi connectivity index (χ2n) is 9.36. The van der Waals surface area contributed by atoms with Crippen molar-refractivity contribution in [2.45, 2.75) is 6.42 Å². The third-order valence-corrected chi connectivity index (χ3v) is 6.75. The molecule has 0 radical (unpaired) electrons. The highest BCUT2D eigenvalue weighted by Crippen LogP contribution is 2.42. The van der Waals surface area contributed by atoms with Gasteiger partial charge in [0.2, 0.25) is 23.2 Å². The van der Waals surface area contributed by atoms with Crippen molar-refractivity contribution in [3.8, 4) is 51.7 Å². The van der Waals surface area contributed by atoms with Crippen molar-refractivity contribution in [1.29, 1.82) is 0 Å². The Kier molecular flexibility index (Phi) is 10.7. The molecule has 0 atom stereocenters. The Morgan fingerprint density at radius 3 is 1.20 bits per heavy atom. The summed E-state index contributed by atoms with van der Waals surface area (Å²) >= 11 is 0. The van der Waals surface area contributed by atoms with Gasteiger partial charge in [-0.25, -0.2) is 4.98 Å². The molecule has 4 aromatic rings. The normalized spacial score (nSPS) is 10.4. The molecule has 240 valence electrons. The zero-order valence-corrected chi connectivity index (χ0v) is 26.8. The molecule has 4 rings (SSSR count). The summed E-state index contributed by atoms with van der Waals surface area (Å²) in [5, 5.41) is 6.61. The molecule has 13 heteroatoms. The Morgan fingerprint density at radius 1 is 0.444 bits per heavy atom. The van der Waals surface area contributed by atoms with E-state index in [1.807, 2.05) is 18.2 Å². The van der Waals surface area contributed by atoms with E-state index in [1.54, 1.807) is 88.3 Å². The average Bonchev–Trinajstić information content (AvgIpc) is 3.06. The van der Waals surface area contributed by atoms with Crippen LogP contribution in [0, 0.1) is 0 Å². The molecule has 13 nitrogen and oxygen atoms in total. The standard InChI is InChI=1S/C32H38N4O9/c1-37-22-11-18(12-23(38-2)29(22)43-7)10-19-17-28(33-20-13-24(39-3)30(44-8)25(14-20)40-4)36-32(34-19)35-21-15-26(41-5)31(45-9)27(16-21)42-6/h11-17H,10H2,1-9H3,(H2,33,34,35,36). The molecule has 0 aliphatic rings. The van der Waals surface area contributed by atoms with Gasteiger partial charge in [0.25, 0.3) is 0 Å². The van der Waals surface area contributed by atoms with Crippen LogP contribution in [0.25, 0.3) is 0 Å². The van der Waals surface area contributed by atoms with Crippen LogP contribution in [0.1, 0.15) is 11.3 Å². The Hall–Kier alpha value is -5.46. The van der Waals surface area contributed by atoms with E-state index in [1.165, 1.54) is 0 Å². The summed E-state index contributed by atoms with van der Waals surface area (Å²) in [6.45, 7) is 0. The number of benzene rings is 3. The lowest BCUT2D eigenvalue weighted by Crippen LogP contribution is -2.06. The van der Waals surface area contributed by atoms with E-state index in [0.717, 1.165) is 5.56 Å². The predicted molar refractivity (Wildman–Crippen MR) is 170 cm³/mol. The monoisotopic (exact) mass is 622 g/mol. The van der Waals surface area contributed by atoms with Gasteiger partial charge in [0.1, 0.15) is 5.82 Å². The van der Waals surface area contributed by atoms with Crippen LogP contribution in [0.3, 0.4) is 0 Å². The topological polar surface area (TPSA) is 133 Å². The molecule has 0 saturated carbocycles. The van der Waals surface area contributed by atoms with E-state index in [4.69, 9.17) is 52.6 Å². The lowest BCUT2D eigenvalue weighted by Gasteiger charge is -2.17. The van der Waals surface area contributed by atoms with Gasteiger partial charge in [0.05, 0.1) is 69.7 Å². The Labute approximate surface area is 262 Å². The molecular weight excluding hydrogens is 584 g/mol. The Bertz CT molecular complexity index is 1350. The van der Waals surface area contributed by atoms with E-state index >= 15 is 0 Å². The molecule has 0 saturated heterocycles. The van der Waals surface area contributed by atoms with Crippen LogP contribution < -0.4 is 53.3 Å². The van der Waals surface area contributed by atoms with E-state index in [2.05, 4.69) is 10.6 Å². The molecule has 2 N–H and O–H groups in total. The van der Waals surface area contributed by atoms with Crippen LogP contribution in [0.5, 0.6) is 51.7 Å². The lowest BCUT2D eigenvalue weighted by molar-refractivity contribution is 0.324. The average molecular weight is 623 g/mol. The second-order valence-corrected chi connectivity index (χ2v) is 9.36.